The van der Waals surface area contributed by atoms with E-state index in [-0.39, 0.29) is 17.9 Å². The van der Waals surface area contributed by atoms with Crippen molar-refractivity contribution in [1.29, 1.82) is 0 Å². The minimum absolute atomic E-state index is 0.176. The molecule has 0 aromatic carbocycles. The van der Waals surface area contributed by atoms with Gasteiger partial charge in [0.05, 0.1) is 6.04 Å². The van der Waals surface area contributed by atoms with Gasteiger partial charge in [-0.05, 0) is 5.92 Å². The van der Waals surface area contributed by atoms with Crippen LogP contribution in [0.25, 0.3) is 0 Å². The molecule has 0 saturated carbocycles. The van der Waals surface area contributed by atoms with Crippen molar-refractivity contribution in [3.63, 3.8) is 0 Å². The molecule has 1 saturated heterocycles. The van der Waals surface area contributed by atoms with Crippen molar-refractivity contribution in [2.24, 2.45) is 5.92 Å². The van der Waals surface area contributed by atoms with Crippen LogP contribution in [-0.2, 0) is 9.59 Å². The summed E-state index contributed by atoms with van der Waals surface area (Å²) < 4.78 is 0. The van der Waals surface area contributed by atoms with Crippen LogP contribution >= 0.6 is 0 Å². The zero-order chi connectivity index (χ0) is 10.0. The summed E-state index contributed by atoms with van der Waals surface area (Å²) in [4.78, 5) is 21.8. The van der Waals surface area contributed by atoms with Crippen LogP contribution in [0.2, 0.25) is 0 Å². The van der Waals surface area contributed by atoms with Gasteiger partial charge in [0.15, 0.2) is 0 Å². The van der Waals surface area contributed by atoms with E-state index in [4.69, 9.17) is 5.11 Å². The Balaban J connectivity index is 2.57. The summed E-state index contributed by atoms with van der Waals surface area (Å²) in [5, 5.41) is 14.0. The van der Waals surface area contributed by atoms with E-state index >= 15 is 0 Å². The summed E-state index contributed by atoms with van der Waals surface area (Å²) in [6.07, 6.45) is 0. The van der Waals surface area contributed by atoms with Crippen molar-refractivity contribution in [3.8, 4) is 0 Å². The third-order valence-corrected chi connectivity index (χ3v) is 2.11. The molecule has 0 aliphatic carbocycles. The van der Waals surface area contributed by atoms with Gasteiger partial charge in [-0.15, -0.1) is 0 Å². The Kier molecular flexibility index (Phi) is 2.87. The molecular weight excluding hydrogens is 172 g/mol. The summed E-state index contributed by atoms with van der Waals surface area (Å²) in [5.41, 5.74) is 0. The lowest BCUT2D eigenvalue weighted by molar-refractivity contribution is -0.143. The molecule has 5 heteroatoms. The first-order chi connectivity index (χ1) is 6.02. The van der Waals surface area contributed by atoms with Crippen molar-refractivity contribution in [2.45, 2.75) is 25.9 Å². The standard InChI is InChI=1S/C8H14N2O3/c1-4(2)6-7(11)10-5(3-9-6)8(12)13/h4-6,9H,3H2,1-2H3,(H,10,11)(H,12,13). The average Bonchev–Trinajstić information content (AvgIpc) is 2.03. The number of amides is 1. The zero-order valence-corrected chi connectivity index (χ0v) is 7.70. The number of hydrogen-bond acceptors (Lipinski definition) is 3. The number of carbonyl (C=O) groups is 2. The van der Waals surface area contributed by atoms with Crippen LogP contribution in [0.1, 0.15) is 13.8 Å². The number of hydrogen-bond donors (Lipinski definition) is 3. The molecule has 1 aliphatic rings. The number of carboxylic acid groups (broad SMARTS) is 1. The van der Waals surface area contributed by atoms with E-state index in [9.17, 15) is 9.59 Å². The Labute approximate surface area is 76.5 Å². The van der Waals surface area contributed by atoms with E-state index in [0.29, 0.717) is 6.54 Å². The van der Waals surface area contributed by atoms with Gasteiger partial charge in [0.2, 0.25) is 5.91 Å². The second-order valence-corrected chi connectivity index (χ2v) is 3.53. The highest BCUT2D eigenvalue weighted by atomic mass is 16.4. The molecule has 0 radical (unpaired) electrons. The maximum absolute atomic E-state index is 11.3. The normalized spacial score (nSPS) is 28.7. The Morgan fingerprint density at radius 3 is 2.62 bits per heavy atom. The van der Waals surface area contributed by atoms with E-state index in [1.165, 1.54) is 0 Å². The molecule has 1 amide bonds. The van der Waals surface area contributed by atoms with Crippen LogP contribution in [-0.4, -0.2) is 35.6 Å². The first-order valence-electron chi connectivity index (χ1n) is 4.29. The van der Waals surface area contributed by atoms with E-state index in [2.05, 4.69) is 10.6 Å². The lowest BCUT2D eigenvalue weighted by Gasteiger charge is -2.30. The van der Waals surface area contributed by atoms with Crippen LogP contribution in [0.5, 0.6) is 0 Å². The molecule has 1 rings (SSSR count). The maximum Gasteiger partial charge on any atom is 0.327 e. The quantitative estimate of drug-likeness (QED) is 0.526. The molecule has 0 aromatic heterocycles. The van der Waals surface area contributed by atoms with Crippen molar-refractivity contribution >= 4 is 11.9 Å². The number of rotatable bonds is 2. The second kappa shape index (κ2) is 3.74. The van der Waals surface area contributed by atoms with Gasteiger partial charge in [-0.3, -0.25) is 4.79 Å². The van der Waals surface area contributed by atoms with Crippen molar-refractivity contribution < 1.29 is 14.7 Å². The van der Waals surface area contributed by atoms with Gasteiger partial charge in [-0.2, -0.15) is 0 Å². The van der Waals surface area contributed by atoms with E-state index in [1.807, 2.05) is 13.8 Å². The summed E-state index contributed by atoms with van der Waals surface area (Å²) in [7, 11) is 0. The number of aliphatic carboxylic acids is 1. The topological polar surface area (TPSA) is 78.4 Å². The SMILES string of the molecule is CC(C)C1NCC(C(=O)O)NC1=O. The van der Waals surface area contributed by atoms with Crippen LogP contribution in [0.3, 0.4) is 0 Å². The lowest BCUT2D eigenvalue weighted by Crippen LogP contribution is -2.62. The fourth-order valence-corrected chi connectivity index (χ4v) is 1.34. The summed E-state index contributed by atoms with van der Waals surface area (Å²) >= 11 is 0. The first kappa shape index (κ1) is 9.98. The molecule has 13 heavy (non-hydrogen) atoms. The summed E-state index contributed by atoms with van der Waals surface area (Å²) in [6.45, 7) is 4.13. The van der Waals surface area contributed by atoms with E-state index < -0.39 is 12.0 Å². The van der Waals surface area contributed by atoms with Gasteiger partial charge in [0.25, 0.3) is 0 Å². The second-order valence-electron chi connectivity index (χ2n) is 3.53. The molecule has 0 bridgehead atoms. The van der Waals surface area contributed by atoms with Gasteiger partial charge in [0.1, 0.15) is 6.04 Å². The number of nitrogens with one attached hydrogen (secondary N) is 2. The highest BCUT2D eigenvalue weighted by Gasteiger charge is 2.32. The highest BCUT2D eigenvalue weighted by Crippen LogP contribution is 2.05. The Morgan fingerprint density at radius 2 is 2.23 bits per heavy atom. The Bertz CT molecular complexity index is 227. The van der Waals surface area contributed by atoms with Crippen molar-refractivity contribution in [2.75, 3.05) is 6.54 Å². The number of piperazine rings is 1. The van der Waals surface area contributed by atoms with Gasteiger partial charge in [-0.25, -0.2) is 4.79 Å². The Hall–Kier alpha value is -1.10. The zero-order valence-electron chi connectivity index (χ0n) is 7.70. The highest BCUT2D eigenvalue weighted by molar-refractivity contribution is 5.88. The molecule has 74 valence electrons. The molecule has 1 aliphatic heterocycles. The minimum Gasteiger partial charge on any atom is -0.480 e. The van der Waals surface area contributed by atoms with Gasteiger partial charge < -0.3 is 15.7 Å². The monoisotopic (exact) mass is 186 g/mol. The van der Waals surface area contributed by atoms with Crippen LogP contribution in [0.4, 0.5) is 0 Å². The Morgan fingerprint density at radius 1 is 1.62 bits per heavy atom. The van der Waals surface area contributed by atoms with E-state index in [0.717, 1.165) is 0 Å². The molecule has 1 heterocycles. The van der Waals surface area contributed by atoms with Crippen LogP contribution < -0.4 is 10.6 Å². The molecule has 5 nitrogen and oxygen atoms in total. The number of carboxylic acids is 1. The predicted octanol–water partition coefficient (Wildman–Crippen LogP) is -0.816. The van der Waals surface area contributed by atoms with Crippen molar-refractivity contribution in [1.82, 2.24) is 10.6 Å². The lowest BCUT2D eigenvalue weighted by atomic mass is 10.0. The third kappa shape index (κ3) is 2.18. The molecule has 0 spiro atoms. The van der Waals surface area contributed by atoms with Crippen molar-refractivity contribution in [3.05, 3.63) is 0 Å². The molecule has 2 unspecified atom stereocenters. The average molecular weight is 186 g/mol. The fraction of sp³-hybridized carbons (Fsp3) is 0.750. The minimum atomic E-state index is -0.997. The molecule has 3 N–H and O–H groups in total. The van der Waals surface area contributed by atoms with Crippen LogP contribution in [0, 0.1) is 5.92 Å². The van der Waals surface area contributed by atoms with Gasteiger partial charge in [0, 0.05) is 6.54 Å². The van der Waals surface area contributed by atoms with Gasteiger partial charge in [-0.1, -0.05) is 13.8 Å². The van der Waals surface area contributed by atoms with Crippen LogP contribution in [0.15, 0.2) is 0 Å². The maximum atomic E-state index is 11.3. The molecule has 1 fully saturated rings. The summed E-state index contributed by atoms with van der Waals surface area (Å²) in [5.74, 6) is -1.05. The summed E-state index contributed by atoms with van der Waals surface area (Å²) in [6, 6.07) is -1.06. The molecule has 2 atom stereocenters. The smallest absolute Gasteiger partial charge is 0.327 e. The van der Waals surface area contributed by atoms with E-state index in [1.54, 1.807) is 0 Å². The largest absolute Gasteiger partial charge is 0.480 e. The third-order valence-electron chi connectivity index (χ3n) is 2.11. The predicted molar refractivity (Wildman–Crippen MR) is 46.2 cm³/mol. The first-order valence-corrected chi connectivity index (χ1v) is 4.29. The number of carbonyl (C=O) groups excluding carboxylic acids is 1. The van der Waals surface area contributed by atoms with Gasteiger partial charge >= 0.3 is 5.97 Å². The molecular formula is C8H14N2O3. The molecule has 0 aromatic rings. The fourth-order valence-electron chi connectivity index (χ4n) is 1.34.